The minimum Gasteiger partial charge on any atom is -0.346 e. The second kappa shape index (κ2) is 8.67. The summed E-state index contributed by atoms with van der Waals surface area (Å²) in [5.41, 5.74) is 4.43. The Balaban J connectivity index is 1.82. The molecule has 0 spiro atoms. The van der Waals surface area contributed by atoms with Gasteiger partial charge >= 0.3 is 0 Å². The van der Waals surface area contributed by atoms with Crippen LogP contribution >= 0.6 is 0 Å². The molecule has 1 saturated heterocycles. The fourth-order valence-electron chi connectivity index (χ4n) is 3.66. The van der Waals surface area contributed by atoms with E-state index in [-0.39, 0.29) is 16.8 Å². The minimum absolute atomic E-state index is 0.176. The van der Waals surface area contributed by atoms with Gasteiger partial charge in [-0.1, -0.05) is 30.7 Å². The maximum atomic E-state index is 13.1. The minimum atomic E-state index is -3.59. The lowest BCUT2D eigenvalue weighted by Crippen LogP contribution is -2.36. The molecule has 0 aromatic heterocycles. The number of carbonyl (C=O) groups is 1. The van der Waals surface area contributed by atoms with Crippen molar-refractivity contribution in [2.75, 3.05) is 13.1 Å². The molecular weight excluding hydrogens is 384 g/mol. The van der Waals surface area contributed by atoms with Crippen LogP contribution in [0.1, 0.15) is 64.8 Å². The van der Waals surface area contributed by atoms with Gasteiger partial charge in [0.15, 0.2) is 0 Å². The van der Waals surface area contributed by atoms with E-state index in [1.807, 2.05) is 26.0 Å². The van der Waals surface area contributed by atoms with Crippen LogP contribution in [0.25, 0.3) is 0 Å². The number of piperidine rings is 1. The fraction of sp³-hybridized carbons (Fsp3) is 0.435. The molecule has 1 amide bonds. The van der Waals surface area contributed by atoms with E-state index in [9.17, 15) is 13.2 Å². The molecule has 1 atom stereocenters. The third-order valence-electron chi connectivity index (χ3n) is 5.76. The van der Waals surface area contributed by atoms with Crippen LogP contribution < -0.4 is 5.32 Å². The summed E-state index contributed by atoms with van der Waals surface area (Å²) in [6.07, 6.45) is 2.82. The van der Waals surface area contributed by atoms with Gasteiger partial charge in [0, 0.05) is 18.7 Å². The molecule has 0 bridgehead atoms. The number of carbonyl (C=O) groups excluding carboxylic acids is 1. The summed E-state index contributed by atoms with van der Waals surface area (Å²) in [5, 5.41) is 2.99. The lowest BCUT2D eigenvalue weighted by atomic mass is 10.0. The highest BCUT2D eigenvalue weighted by atomic mass is 32.2. The summed E-state index contributed by atoms with van der Waals surface area (Å²) in [5.74, 6) is -0.272. The van der Waals surface area contributed by atoms with Gasteiger partial charge < -0.3 is 5.32 Å². The number of nitrogens with one attached hydrogen (secondary N) is 1. The Morgan fingerprint density at radius 3 is 2.24 bits per heavy atom. The molecule has 1 aliphatic heterocycles. The Kier molecular flexibility index (Phi) is 6.44. The molecule has 0 unspecified atom stereocenters. The van der Waals surface area contributed by atoms with Crippen LogP contribution in [0.3, 0.4) is 0 Å². The normalized spacial score (nSPS) is 16.4. The molecule has 0 aliphatic carbocycles. The first-order valence-corrected chi connectivity index (χ1v) is 11.6. The molecule has 0 saturated carbocycles. The third-order valence-corrected chi connectivity index (χ3v) is 7.80. The number of rotatable bonds is 5. The number of sulfonamides is 1. The van der Waals surface area contributed by atoms with Gasteiger partial charge in [0.25, 0.3) is 5.91 Å². The standard InChI is InChI=1S/C23H30N2O3S/c1-16-8-10-20(14-18(16)3)19(4)24-23(26)21-11-9-17(2)22(15-21)29(27,28)25-12-6-5-7-13-25/h8-11,14-15,19H,5-7,12-13H2,1-4H3,(H,24,26)/t19-/m0/s1. The smallest absolute Gasteiger partial charge is 0.251 e. The van der Waals surface area contributed by atoms with Crippen molar-refractivity contribution in [3.63, 3.8) is 0 Å². The summed E-state index contributed by atoms with van der Waals surface area (Å²) in [6, 6.07) is 10.9. The van der Waals surface area contributed by atoms with Crippen LogP contribution in [0.5, 0.6) is 0 Å². The molecule has 0 radical (unpaired) electrons. The SMILES string of the molecule is Cc1ccc([C@H](C)NC(=O)c2ccc(C)c(S(=O)(=O)N3CCCCC3)c2)cc1C. The highest BCUT2D eigenvalue weighted by Gasteiger charge is 2.28. The van der Waals surface area contributed by atoms with Crippen LogP contribution in [0.15, 0.2) is 41.3 Å². The summed E-state index contributed by atoms with van der Waals surface area (Å²) < 4.78 is 27.7. The van der Waals surface area contributed by atoms with Gasteiger partial charge in [-0.05, 0) is 74.9 Å². The van der Waals surface area contributed by atoms with Crippen LogP contribution in [-0.4, -0.2) is 31.7 Å². The maximum absolute atomic E-state index is 13.1. The van der Waals surface area contributed by atoms with E-state index in [0.29, 0.717) is 24.2 Å². The van der Waals surface area contributed by atoms with Crippen molar-refractivity contribution in [3.8, 4) is 0 Å². The van der Waals surface area contributed by atoms with E-state index in [1.165, 1.54) is 21.5 Å². The van der Waals surface area contributed by atoms with Crippen LogP contribution in [0.2, 0.25) is 0 Å². The summed E-state index contributed by atoms with van der Waals surface area (Å²) in [7, 11) is -3.59. The van der Waals surface area contributed by atoms with E-state index in [2.05, 4.69) is 18.3 Å². The van der Waals surface area contributed by atoms with E-state index in [4.69, 9.17) is 0 Å². The Labute approximate surface area is 174 Å². The summed E-state index contributed by atoms with van der Waals surface area (Å²) >= 11 is 0. The van der Waals surface area contributed by atoms with Gasteiger partial charge in [-0.3, -0.25) is 4.79 Å². The molecule has 156 valence electrons. The number of aryl methyl sites for hydroxylation is 3. The van der Waals surface area contributed by atoms with Crippen LogP contribution in [0, 0.1) is 20.8 Å². The molecule has 1 heterocycles. The first kappa shape index (κ1) is 21.5. The number of nitrogens with zero attached hydrogens (tertiary/aromatic N) is 1. The molecule has 1 N–H and O–H groups in total. The molecule has 1 aliphatic rings. The Bertz CT molecular complexity index is 1010. The van der Waals surface area contributed by atoms with Crippen molar-refractivity contribution in [3.05, 3.63) is 64.2 Å². The maximum Gasteiger partial charge on any atom is 0.251 e. The zero-order chi connectivity index (χ0) is 21.2. The second-order valence-electron chi connectivity index (χ2n) is 7.98. The van der Waals surface area contributed by atoms with E-state index in [1.54, 1.807) is 19.1 Å². The number of hydrogen-bond acceptors (Lipinski definition) is 3. The molecule has 3 rings (SSSR count). The van der Waals surface area contributed by atoms with Gasteiger partial charge in [0.2, 0.25) is 10.0 Å². The van der Waals surface area contributed by atoms with Gasteiger partial charge in [-0.15, -0.1) is 0 Å². The predicted octanol–water partition coefficient (Wildman–Crippen LogP) is 4.28. The highest BCUT2D eigenvalue weighted by Crippen LogP contribution is 2.25. The largest absolute Gasteiger partial charge is 0.346 e. The average Bonchev–Trinajstić information content (AvgIpc) is 2.70. The number of hydrogen-bond donors (Lipinski definition) is 1. The summed E-state index contributed by atoms with van der Waals surface area (Å²) in [6.45, 7) is 8.89. The second-order valence-corrected chi connectivity index (χ2v) is 9.89. The van der Waals surface area contributed by atoms with Crippen molar-refractivity contribution in [1.82, 2.24) is 9.62 Å². The van der Waals surface area contributed by atoms with Gasteiger partial charge in [-0.2, -0.15) is 4.31 Å². The first-order valence-electron chi connectivity index (χ1n) is 10.2. The van der Waals surface area contributed by atoms with E-state index in [0.717, 1.165) is 24.8 Å². The summed E-state index contributed by atoms with van der Waals surface area (Å²) in [4.78, 5) is 13.1. The van der Waals surface area contributed by atoms with Crippen LogP contribution in [-0.2, 0) is 10.0 Å². The zero-order valence-corrected chi connectivity index (χ0v) is 18.5. The third kappa shape index (κ3) is 4.70. The van der Waals surface area contributed by atoms with E-state index < -0.39 is 10.0 Å². The van der Waals surface area contributed by atoms with Crippen molar-refractivity contribution >= 4 is 15.9 Å². The van der Waals surface area contributed by atoms with Gasteiger partial charge in [0.1, 0.15) is 0 Å². The van der Waals surface area contributed by atoms with Crippen molar-refractivity contribution in [1.29, 1.82) is 0 Å². The molecule has 5 nitrogen and oxygen atoms in total. The van der Waals surface area contributed by atoms with Crippen LogP contribution in [0.4, 0.5) is 0 Å². The van der Waals surface area contributed by atoms with Gasteiger partial charge in [-0.25, -0.2) is 8.42 Å². The monoisotopic (exact) mass is 414 g/mol. The first-order chi connectivity index (χ1) is 13.7. The molecular formula is C23H30N2O3S. The average molecular weight is 415 g/mol. The van der Waals surface area contributed by atoms with Crippen molar-refractivity contribution in [2.24, 2.45) is 0 Å². The zero-order valence-electron chi connectivity index (χ0n) is 17.7. The fourth-order valence-corrected chi connectivity index (χ4v) is 5.43. The van der Waals surface area contributed by atoms with Crippen molar-refractivity contribution < 1.29 is 13.2 Å². The van der Waals surface area contributed by atoms with Crippen molar-refractivity contribution in [2.45, 2.75) is 57.9 Å². The Morgan fingerprint density at radius 1 is 0.931 bits per heavy atom. The highest BCUT2D eigenvalue weighted by molar-refractivity contribution is 7.89. The lowest BCUT2D eigenvalue weighted by Gasteiger charge is -2.26. The molecule has 29 heavy (non-hydrogen) atoms. The van der Waals surface area contributed by atoms with E-state index >= 15 is 0 Å². The van der Waals surface area contributed by atoms with Gasteiger partial charge in [0.05, 0.1) is 10.9 Å². The number of benzene rings is 2. The number of amides is 1. The molecule has 6 heteroatoms. The lowest BCUT2D eigenvalue weighted by molar-refractivity contribution is 0.0939. The molecule has 1 fully saturated rings. The topological polar surface area (TPSA) is 66.5 Å². The Hall–Kier alpha value is -2.18. The molecule has 2 aromatic rings. The Morgan fingerprint density at radius 2 is 1.59 bits per heavy atom. The predicted molar refractivity (Wildman–Crippen MR) is 116 cm³/mol. The molecule has 2 aromatic carbocycles. The quantitative estimate of drug-likeness (QED) is 0.794.